The molecule has 7 nitrogen and oxygen atoms in total. The zero-order valence-electron chi connectivity index (χ0n) is 10.00. The topological polar surface area (TPSA) is 82.9 Å². The molecule has 1 aromatic heterocycles. The Kier molecular flexibility index (Phi) is 3.81. The van der Waals surface area contributed by atoms with Gasteiger partial charge in [0.25, 0.3) is 10.0 Å². The van der Waals surface area contributed by atoms with Crippen LogP contribution in [-0.2, 0) is 10.0 Å². The summed E-state index contributed by atoms with van der Waals surface area (Å²) >= 11 is 0. The Morgan fingerprint density at radius 1 is 1.28 bits per heavy atom. The van der Waals surface area contributed by atoms with E-state index < -0.39 is 10.0 Å². The van der Waals surface area contributed by atoms with E-state index in [1.165, 1.54) is 12.1 Å². The maximum atomic E-state index is 11.9. The summed E-state index contributed by atoms with van der Waals surface area (Å²) in [5.41, 5.74) is 0. The van der Waals surface area contributed by atoms with Gasteiger partial charge in [-0.25, -0.2) is 13.4 Å². The van der Waals surface area contributed by atoms with Gasteiger partial charge in [-0.2, -0.15) is 0 Å². The molecule has 0 aromatic carbocycles. The van der Waals surface area contributed by atoms with Gasteiger partial charge in [-0.05, 0) is 19.2 Å². The van der Waals surface area contributed by atoms with Crippen molar-refractivity contribution < 1.29 is 17.6 Å². The van der Waals surface area contributed by atoms with Crippen LogP contribution in [0.3, 0.4) is 0 Å². The van der Waals surface area contributed by atoms with Crippen LogP contribution in [0.2, 0.25) is 0 Å². The fourth-order valence-corrected chi connectivity index (χ4v) is 2.72. The third-order valence-corrected chi connectivity index (χ3v) is 3.98. The molecule has 18 heavy (non-hydrogen) atoms. The minimum absolute atomic E-state index is 0.00578. The van der Waals surface area contributed by atoms with Gasteiger partial charge < -0.3 is 9.32 Å². The summed E-state index contributed by atoms with van der Waals surface area (Å²) in [4.78, 5) is 15.0. The number of nitrogens with one attached hydrogen (secondary N) is 1. The van der Waals surface area contributed by atoms with Gasteiger partial charge >= 0.3 is 0 Å². The Labute approximate surface area is 105 Å². The van der Waals surface area contributed by atoms with Crippen LogP contribution >= 0.6 is 0 Å². The Bertz CT molecular complexity index is 517. The van der Waals surface area contributed by atoms with E-state index in [4.69, 9.17) is 4.42 Å². The van der Waals surface area contributed by atoms with Gasteiger partial charge in [0, 0.05) is 26.2 Å². The van der Waals surface area contributed by atoms with Crippen LogP contribution in [0.1, 0.15) is 10.6 Å². The average Bonchev–Trinajstić information content (AvgIpc) is 2.81. The number of carbonyl (C=O) groups is 1. The van der Waals surface area contributed by atoms with Crippen molar-refractivity contribution in [2.45, 2.75) is 5.09 Å². The molecule has 0 aliphatic carbocycles. The first-order valence-electron chi connectivity index (χ1n) is 5.52. The third kappa shape index (κ3) is 2.96. The molecule has 2 heterocycles. The molecular weight excluding hydrogens is 258 g/mol. The predicted molar refractivity (Wildman–Crippen MR) is 63.5 cm³/mol. The molecule has 0 atom stereocenters. The lowest BCUT2D eigenvalue weighted by Gasteiger charge is -2.31. The number of carbonyl (C=O) groups excluding carboxylic acids is 1. The monoisotopic (exact) mass is 273 g/mol. The first-order valence-corrected chi connectivity index (χ1v) is 7.00. The maximum Gasteiger partial charge on any atom is 0.286 e. The number of likely N-dealkylation sites (N-methyl/N-ethyl adjacent to an activating group) is 1. The van der Waals surface area contributed by atoms with Gasteiger partial charge in [0.15, 0.2) is 12.0 Å². The lowest BCUT2D eigenvalue weighted by atomic mass is 10.4. The standard InChI is InChI=1S/C10H15N3O4S/c1-12-4-6-13(7-5-12)11-18(15,16)10-3-2-9(8-14)17-10/h2-3,8,11H,4-7H2,1H3. The first-order chi connectivity index (χ1) is 8.51. The molecule has 1 fully saturated rings. The number of rotatable bonds is 4. The van der Waals surface area contributed by atoms with Gasteiger partial charge in [-0.15, -0.1) is 4.83 Å². The van der Waals surface area contributed by atoms with E-state index in [-0.39, 0.29) is 10.9 Å². The Hall–Kier alpha value is -1.22. The van der Waals surface area contributed by atoms with Crippen molar-refractivity contribution in [1.82, 2.24) is 14.7 Å². The third-order valence-electron chi connectivity index (χ3n) is 2.74. The maximum absolute atomic E-state index is 11.9. The highest BCUT2D eigenvalue weighted by molar-refractivity contribution is 7.89. The lowest BCUT2D eigenvalue weighted by molar-refractivity contribution is 0.109. The van der Waals surface area contributed by atoms with E-state index in [1.54, 1.807) is 5.01 Å². The molecular formula is C10H15N3O4S. The molecule has 8 heteroatoms. The quantitative estimate of drug-likeness (QED) is 0.747. The molecule has 0 spiro atoms. The van der Waals surface area contributed by atoms with Gasteiger partial charge in [0.2, 0.25) is 5.09 Å². The normalized spacial score (nSPS) is 18.9. The van der Waals surface area contributed by atoms with E-state index in [9.17, 15) is 13.2 Å². The van der Waals surface area contributed by atoms with Gasteiger partial charge in [-0.3, -0.25) is 4.79 Å². The van der Waals surface area contributed by atoms with Crippen LogP contribution in [0.25, 0.3) is 0 Å². The summed E-state index contributed by atoms with van der Waals surface area (Å²) < 4.78 is 28.8. The minimum atomic E-state index is -3.73. The van der Waals surface area contributed by atoms with Crippen LogP contribution in [0, 0.1) is 0 Å². The molecule has 1 saturated heterocycles. The predicted octanol–water partition coefficient (Wildman–Crippen LogP) is -0.467. The highest BCUT2D eigenvalue weighted by atomic mass is 32.2. The molecule has 0 unspecified atom stereocenters. The van der Waals surface area contributed by atoms with E-state index >= 15 is 0 Å². The Morgan fingerprint density at radius 3 is 2.50 bits per heavy atom. The van der Waals surface area contributed by atoms with Crippen LogP contribution in [0.5, 0.6) is 0 Å². The van der Waals surface area contributed by atoms with E-state index in [0.717, 1.165) is 13.1 Å². The van der Waals surface area contributed by atoms with Crippen LogP contribution < -0.4 is 4.83 Å². The molecule has 100 valence electrons. The molecule has 1 aromatic rings. The van der Waals surface area contributed by atoms with Gasteiger partial charge in [0.1, 0.15) is 0 Å². The molecule has 1 aliphatic heterocycles. The van der Waals surface area contributed by atoms with Crippen molar-refractivity contribution in [2.24, 2.45) is 0 Å². The number of hydrazine groups is 1. The molecule has 0 amide bonds. The molecule has 0 saturated carbocycles. The molecule has 0 radical (unpaired) electrons. The summed E-state index contributed by atoms with van der Waals surface area (Å²) in [6.45, 7) is 2.80. The molecule has 1 aliphatic rings. The number of sulfonamides is 1. The number of piperazine rings is 1. The van der Waals surface area contributed by atoms with Crippen LogP contribution in [0.4, 0.5) is 0 Å². The summed E-state index contributed by atoms with van der Waals surface area (Å²) in [5.74, 6) is -0.00578. The number of furan rings is 1. The van der Waals surface area contributed by atoms with E-state index in [1.807, 2.05) is 7.05 Å². The number of hydrogen-bond acceptors (Lipinski definition) is 6. The summed E-state index contributed by atoms with van der Waals surface area (Å²) in [7, 11) is -1.75. The van der Waals surface area contributed by atoms with Crippen molar-refractivity contribution >= 4 is 16.3 Å². The summed E-state index contributed by atoms with van der Waals surface area (Å²) in [6, 6.07) is 2.59. The first kappa shape index (κ1) is 13.2. The van der Waals surface area contributed by atoms with Crippen molar-refractivity contribution in [1.29, 1.82) is 0 Å². The zero-order valence-corrected chi connectivity index (χ0v) is 10.8. The molecule has 2 rings (SSSR count). The summed E-state index contributed by atoms with van der Waals surface area (Å²) in [6.07, 6.45) is 0.467. The average molecular weight is 273 g/mol. The number of hydrogen-bond donors (Lipinski definition) is 1. The smallest absolute Gasteiger partial charge is 0.286 e. The van der Waals surface area contributed by atoms with Crippen LogP contribution in [-0.4, -0.2) is 57.8 Å². The second-order valence-corrected chi connectivity index (χ2v) is 5.75. The summed E-state index contributed by atoms with van der Waals surface area (Å²) in [5, 5.41) is 1.38. The fraction of sp³-hybridized carbons (Fsp3) is 0.500. The largest absolute Gasteiger partial charge is 0.440 e. The number of aldehydes is 1. The second-order valence-electron chi connectivity index (χ2n) is 4.16. The lowest BCUT2D eigenvalue weighted by Crippen LogP contribution is -2.52. The fourth-order valence-electron chi connectivity index (χ4n) is 1.65. The van der Waals surface area contributed by atoms with Gasteiger partial charge in [0.05, 0.1) is 0 Å². The van der Waals surface area contributed by atoms with Crippen molar-refractivity contribution in [3.8, 4) is 0 Å². The van der Waals surface area contributed by atoms with Crippen molar-refractivity contribution in [3.05, 3.63) is 17.9 Å². The second kappa shape index (κ2) is 5.19. The number of nitrogens with zero attached hydrogens (tertiary/aromatic N) is 2. The van der Waals surface area contributed by atoms with E-state index in [0.29, 0.717) is 19.4 Å². The Morgan fingerprint density at radius 2 is 1.94 bits per heavy atom. The van der Waals surface area contributed by atoms with Crippen LogP contribution in [0.15, 0.2) is 21.6 Å². The van der Waals surface area contributed by atoms with Crippen molar-refractivity contribution in [2.75, 3.05) is 33.2 Å². The molecule has 0 bridgehead atoms. The SMILES string of the molecule is CN1CCN(NS(=O)(=O)c2ccc(C=O)o2)CC1. The minimum Gasteiger partial charge on any atom is -0.440 e. The highest BCUT2D eigenvalue weighted by Crippen LogP contribution is 2.13. The van der Waals surface area contributed by atoms with Crippen molar-refractivity contribution in [3.63, 3.8) is 0 Å². The molecule has 1 N–H and O–H groups in total. The van der Waals surface area contributed by atoms with E-state index in [2.05, 4.69) is 9.73 Å². The Balaban J connectivity index is 2.05. The zero-order chi connectivity index (χ0) is 13.2. The van der Waals surface area contributed by atoms with Gasteiger partial charge in [-0.1, -0.05) is 0 Å². The highest BCUT2D eigenvalue weighted by Gasteiger charge is 2.24.